The Morgan fingerprint density at radius 1 is 0.964 bits per heavy atom. The third kappa shape index (κ3) is 5.17. The number of halogens is 1. The van der Waals surface area contributed by atoms with E-state index in [0.29, 0.717) is 5.69 Å². The molecule has 0 fully saturated rings. The molecule has 0 spiro atoms. The smallest absolute Gasteiger partial charge is 0.265 e. The summed E-state index contributed by atoms with van der Waals surface area (Å²) >= 11 is 0. The Morgan fingerprint density at radius 3 is 2.14 bits per heavy atom. The third-order valence-corrected chi connectivity index (χ3v) is 4.04. The van der Waals surface area contributed by atoms with Gasteiger partial charge in [-0.3, -0.25) is 4.79 Å². The molecule has 0 saturated heterocycles. The number of oxime groups is 1. The maximum absolute atomic E-state index is 13.2. The average Bonchev–Trinajstić information content (AvgIpc) is 2.70. The zero-order valence-corrected chi connectivity index (χ0v) is 15.1. The highest BCUT2D eigenvalue weighted by molar-refractivity contribution is 5.92. The fourth-order valence-corrected chi connectivity index (χ4v) is 2.81. The van der Waals surface area contributed by atoms with Crippen LogP contribution in [-0.4, -0.2) is 18.3 Å². The van der Waals surface area contributed by atoms with E-state index in [4.69, 9.17) is 10.6 Å². The number of carbonyl (C=O) groups is 1. The molecule has 5 nitrogen and oxygen atoms in total. The van der Waals surface area contributed by atoms with E-state index in [9.17, 15) is 9.18 Å². The van der Waals surface area contributed by atoms with Crippen molar-refractivity contribution in [3.05, 3.63) is 102 Å². The van der Waals surface area contributed by atoms with E-state index >= 15 is 0 Å². The highest BCUT2D eigenvalue weighted by Crippen LogP contribution is 2.24. The van der Waals surface area contributed by atoms with E-state index in [-0.39, 0.29) is 18.4 Å². The molecule has 0 unspecified atom stereocenters. The van der Waals surface area contributed by atoms with Crippen LogP contribution in [-0.2, 0) is 9.63 Å². The van der Waals surface area contributed by atoms with Crippen LogP contribution in [0.2, 0.25) is 0 Å². The van der Waals surface area contributed by atoms with Crippen molar-refractivity contribution in [1.29, 1.82) is 0 Å². The number of anilines is 1. The molecule has 0 radical (unpaired) electrons. The Bertz CT molecular complexity index is 907. The number of amides is 1. The number of amidine groups is 1. The minimum absolute atomic E-state index is 0.232. The predicted octanol–water partition coefficient (Wildman–Crippen LogP) is 3.89. The van der Waals surface area contributed by atoms with Gasteiger partial charge in [0.25, 0.3) is 5.91 Å². The number of rotatable bonds is 7. The van der Waals surface area contributed by atoms with Crippen molar-refractivity contribution in [2.24, 2.45) is 10.9 Å². The van der Waals surface area contributed by atoms with Crippen LogP contribution in [0.1, 0.15) is 17.0 Å². The molecule has 3 N–H and O–H groups in total. The summed E-state index contributed by atoms with van der Waals surface area (Å²) in [5, 5.41) is 6.47. The number of hydrogen-bond acceptors (Lipinski definition) is 3. The molecule has 0 heterocycles. The first-order valence-electron chi connectivity index (χ1n) is 8.74. The Hall–Kier alpha value is -3.67. The van der Waals surface area contributed by atoms with Gasteiger partial charge in [0, 0.05) is 5.69 Å². The summed E-state index contributed by atoms with van der Waals surface area (Å²) in [6, 6.07) is 25.0. The second-order valence-corrected chi connectivity index (χ2v) is 6.10. The molecule has 0 aliphatic rings. The van der Waals surface area contributed by atoms with Crippen molar-refractivity contribution in [3.63, 3.8) is 0 Å². The SMILES string of the molecule is N/C(=N/OCC(=O)Nc1cccc(F)c1)C(c1ccccc1)c1ccccc1. The second-order valence-electron chi connectivity index (χ2n) is 6.10. The van der Waals surface area contributed by atoms with E-state index in [0.717, 1.165) is 11.1 Å². The number of nitrogens with zero attached hydrogens (tertiary/aromatic N) is 1. The normalized spacial score (nSPS) is 11.3. The molecule has 0 bridgehead atoms. The van der Waals surface area contributed by atoms with Crippen LogP contribution in [0.25, 0.3) is 0 Å². The Kier molecular flexibility index (Phi) is 6.36. The van der Waals surface area contributed by atoms with Crippen LogP contribution in [0.3, 0.4) is 0 Å². The fraction of sp³-hybridized carbons (Fsp3) is 0.0909. The van der Waals surface area contributed by atoms with Gasteiger partial charge >= 0.3 is 0 Å². The van der Waals surface area contributed by atoms with E-state index in [1.807, 2.05) is 60.7 Å². The molecule has 0 aliphatic carbocycles. The molecular weight excluding hydrogens is 357 g/mol. The zero-order chi connectivity index (χ0) is 19.8. The molecule has 0 aromatic heterocycles. The molecule has 0 aliphatic heterocycles. The number of nitrogens with two attached hydrogens (primary N) is 1. The van der Waals surface area contributed by atoms with Crippen molar-refractivity contribution in [2.75, 3.05) is 11.9 Å². The van der Waals surface area contributed by atoms with Crippen LogP contribution >= 0.6 is 0 Å². The van der Waals surface area contributed by atoms with E-state index < -0.39 is 11.7 Å². The van der Waals surface area contributed by atoms with Gasteiger partial charge < -0.3 is 15.9 Å². The largest absolute Gasteiger partial charge is 0.384 e. The Balaban J connectivity index is 1.68. The van der Waals surface area contributed by atoms with Crippen molar-refractivity contribution >= 4 is 17.4 Å². The first-order valence-corrected chi connectivity index (χ1v) is 8.74. The summed E-state index contributed by atoms with van der Waals surface area (Å²) in [4.78, 5) is 17.1. The molecular formula is C22H20FN3O2. The quantitative estimate of drug-likeness (QED) is 0.373. The molecule has 3 aromatic rings. The van der Waals surface area contributed by atoms with Crippen molar-refractivity contribution in [3.8, 4) is 0 Å². The lowest BCUT2D eigenvalue weighted by Crippen LogP contribution is -2.24. The monoisotopic (exact) mass is 377 g/mol. The van der Waals surface area contributed by atoms with Gasteiger partial charge in [-0.2, -0.15) is 0 Å². The maximum Gasteiger partial charge on any atom is 0.265 e. The topological polar surface area (TPSA) is 76.7 Å². The van der Waals surface area contributed by atoms with Gasteiger partial charge in [-0.25, -0.2) is 4.39 Å². The first kappa shape index (κ1) is 19.1. The minimum Gasteiger partial charge on any atom is -0.384 e. The van der Waals surface area contributed by atoms with E-state index in [1.54, 1.807) is 6.07 Å². The number of hydrogen-bond donors (Lipinski definition) is 2. The highest BCUT2D eigenvalue weighted by Gasteiger charge is 2.19. The molecule has 3 aromatic carbocycles. The predicted molar refractivity (Wildman–Crippen MR) is 107 cm³/mol. The van der Waals surface area contributed by atoms with Crippen molar-refractivity contribution in [2.45, 2.75) is 5.92 Å². The summed E-state index contributed by atoms with van der Waals surface area (Å²) in [5.41, 5.74) is 8.45. The van der Waals surface area contributed by atoms with Crippen LogP contribution in [0, 0.1) is 5.82 Å². The van der Waals surface area contributed by atoms with Gasteiger partial charge in [0.1, 0.15) is 5.82 Å². The summed E-state index contributed by atoms with van der Waals surface area (Å²) < 4.78 is 13.2. The fourth-order valence-electron chi connectivity index (χ4n) is 2.81. The molecule has 6 heteroatoms. The maximum atomic E-state index is 13.2. The lowest BCUT2D eigenvalue weighted by Gasteiger charge is -2.17. The van der Waals surface area contributed by atoms with Crippen LogP contribution in [0.4, 0.5) is 10.1 Å². The lowest BCUT2D eigenvalue weighted by atomic mass is 9.90. The van der Waals surface area contributed by atoms with Gasteiger partial charge in [0.05, 0.1) is 5.92 Å². The zero-order valence-electron chi connectivity index (χ0n) is 15.1. The highest BCUT2D eigenvalue weighted by atomic mass is 19.1. The lowest BCUT2D eigenvalue weighted by molar-refractivity contribution is -0.120. The van der Waals surface area contributed by atoms with Crippen molar-refractivity contribution < 1.29 is 14.0 Å². The number of nitrogens with one attached hydrogen (secondary N) is 1. The molecule has 28 heavy (non-hydrogen) atoms. The minimum atomic E-state index is -0.460. The summed E-state index contributed by atoms with van der Waals surface area (Å²) in [6.45, 7) is -0.340. The van der Waals surface area contributed by atoms with Crippen LogP contribution in [0.15, 0.2) is 90.1 Å². The van der Waals surface area contributed by atoms with E-state index in [1.165, 1.54) is 18.2 Å². The summed E-state index contributed by atoms with van der Waals surface area (Å²) in [5.74, 6) is -0.961. The average molecular weight is 377 g/mol. The van der Waals surface area contributed by atoms with Gasteiger partial charge in [0.15, 0.2) is 12.4 Å². The van der Waals surface area contributed by atoms with Gasteiger partial charge in [-0.1, -0.05) is 71.9 Å². The second kappa shape index (κ2) is 9.32. The van der Waals surface area contributed by atoms with Crippen LogP contribution in [0.5, 0.6) is 0 Å². The number of benzene rings is 3. The van der Waals surface area contributed by atoms with Crippen LogP contribution < -0.4 is 11.1 Å². The van der Waals surface area contributed by atoms with Gasteiger partial charge in [-0.05, 0) is 29.3 Å². The summed E-state index contributed by atoms with van der Waals surface area (Å²) in [6.07, 6.45) is 0. The molecule has 0 atom stereocenters. The number of carbonyl (C=O) groups excluding carboxylic acids is 1. The Labute approximate surface area is 162 Å². The van der Waals surface area contributed by atoms with Crippen molar-refractivity contribution in [1.82, 2.24) is 0 Å². The summed E-state index contributed by atoms with van der Waals surface area (Å²) in [7, 11) is 0. The Morgan fingerprint density at radius 2 is 1.57 bits per heavy atom. The standard InChI is InChI=1S/C22H20FN3O2/c23-18-12-7-13-19(14-18)25-20(27)15-28-26-22(24)21(16-8-3-1-4-9-16)17-10-5-2-6-11-17/h1-14,21H,15H2,(H2,24,26)(H,25,27). The molecule has 1 amide bonds. The molecule has 3 rings (SSSR count). The van der Waals surface area contributed by atoms with E-state index in [2.05, 4.69) is 10.5 Å². The first-order chi connectivity index (χ1) is 13.6. The van der Waals surface area contributed by atoms with Gasteiger partial charge in [0.2, 0.25) is 0 Å². The molecule has 142 valence electrons. The third-order valence-electron chi connectivity index (χ3n) is 4.04. The molecule has 0 saturated carbocycles. The van der Waals surface area contributed by atoms with Gasteiger partial charge in [-0.15, -0.1) is 0 Å².